The van der Waals surface area contributed by atoms with Crippen LogP contribution in [0.25, 0.3) is 0 Å². The number of Topliss-reactive ketones (excluding diaryl/α,β-unsaturated/α-hetero) is 2. The average molecular weight is 445 g/mol. The molecule has 10 heteroatoms. The topological polar surface area (TPSA) is 120 Å². The van der Waals surface area contributed by atoms with Crippen molar-refractivity contribution < 1.29 is 38.2 Å². The molecule has 0 aromatic carbocycles. The van der Waals surface area contributed by atoms with E-state index in [4.69, 9.17) is 14.2 Å². The molecule has 0 N–H and O–H groups in total. The summed E-state index contributed by atoms with van der Waals surface area (Å²) < 4.78 is 14.5. The number of amides is 2. The third kappa shape index (κ3) is 9.80. The minimum Gasteiger partial charge on any atom is -0.465 e. The van der Waals surface area contributed by atoms with E-state index in [1.165, 1.54) is 4.90 Å². The molecule has 2 rings (SSSR count). The Hall–Kier alpha value is -2.65. The van der Waals surface area contributed by atoms with E-state index in [1.54, 1.807) is 25.7 Å². The first kappa shape index (κ1) is 28.4. The lowest BCUT2D eigenvalue weighted by molar-refractivity contribution is -0.151. The van der Waals surface area contributed by atoms with Crippen molar-refractivity contribution in [3.8, 4) is 0 Å². The van der Waals surface area contributed by atoms with Gasteiger partial charge in [-0.3, -0.25) is 14.4 Å². The van der Waals surface area contributed by atoms with Gasteiger partial charge in [-0.15, -0.1) is 0 Å². The molecule has 0 aromatic rings. The van der Waals surface area contributed by atoms with Crippen LogP contribution in [0.15, 0.2) is 0 Å². The molecule has 178 valence electrons. The maximum atomic E-state index is 11.8. The third-order valence-electron chi connectivity index (χ3n) is 4.65. The molecule has 2 fully saturated rings. The van der Waals surface area contributed by atoms with Crippen LogP contribution in [-0.4, -0.2) is 85.5 Å². The quantitative estimate of drug-likeness (QED) is 0.368. The highest BCUT2D eigenvalue weighted by Gasteiger charge is 2.32. The van der Waals surface area contributed by atoms with Crippen molar-refractivity contribution in [3.63, 3.8) is 0 Å². The molecular weight excluding hydrogens is 408 g/mol. The van der Waals surface area contributed by atoms with Gasteiger partial charge in [-0.1, -0.05) is 7.43 Å². The molecule has 2 saturated heterocycles. The van der Waals surface area contributed by atoms with Crippen LogP contribution in [0.2, 0.25) is 0 Å². The summed E-state index contributed by atoms with van der Waals surface area (Å²) in [5.74, 6) is -1.17. The van der Waals surface area contributed by atoms with Gasteiger partial charge in [-0.25, -0.2) is 9.59 Å². The minimum atomic E-state index is -0.746. The van der Waals surface area contributed by atoms with Gasteiger partial charge in [0.15, 0.2) is 0 Å². The van der Waals surface area contributed by atoms with E-state index in [1.807, 2.05) is 0 Å². The summed E-state index contributed by atoms with van der Waals surface area (Å²) in [5.41, 5.74) is 0. The molecule has 1 unspecified atom stereocenters. The van der Waals surface area contributed by atoms with Crippen LogP contribution in [0.5, 0.6) is 0 Å². The van der Waals surface area contributed by atoms with Gasteiger partial charge in [-0.05, 0) is 27.2 Å². The number of esters is 1. The van der Waals surface area contributed by atoms with Crippen molar-refractivity contribution in [1.82, 2.24) is 9.80 Å². The van der Waals surface area contributed by atoms with E-state index in [2.05, 4.69) is 0 Å². The lowest BCUT2D eigenvalue weighted by Gasteiger charge is -2.24. The first-order chi connectivity index (χ1) is 14.3. The van der Waals surface area contributed by atoms with Gasteiger partial charge in [0.2, 0.25) is 0 Å². The zero-order valence-corrected chi connectivity index (χ0v) is 18.0. The maximum Gasteiger partial charge on any atom is 0.409 e. The standard InChI is InChI=1S/C12H19NO5.C8H13NO3.CH4/c1-3-17-11(15)9-5-7-13(8-6-10(9)14)12(16)18-4-2;1-2-12-8(11)9-5-3-7(10)4-6-9;/h9H,3-8H2,1-2H3;2-6H2,1H3;1H4. The Kier molecular flexibility index (Phi) is 13.9. The van der Waals surface area contributed by atoms with Crippen LogP contribution in [0.4, 0.5) is 9.59 Å². The number of ether oxygens (including phenoxy) is 3. The largest absolute Gasteiger partial charge is 0.465 e. The van der Waals surface area contributed by atoms with Gasteiger partial charge in [0.25, 0.3) is 0 Å². The first-order valence-electron chi connectivity index (χ1n) is 10.4. The molecular formula is C21H36N2O8. The van der Waals surface area contributed by atoms with Crippen LogP contribution in [-0.2, 0) is 28.6 Å². The van der Waals surface area contributed by atoms with E-state index in [-0.39, 0.29) is 38.1 Å². The molecule has 0 aliphatic carbocycles. The Morgan fingerprint density at radius 3 is 1.71 bits per heavy atom. The van der Waals surface area contributed by atoms with Crippen LogP contribution in [0.1, 0.15) is 53.9 Å². The lowest BCUT2D eigenvalue weighted by Crippen LogP contribution is -2.38. The molecule has 0 aromatic heterocycles. The minimum absolute atomic E-state index is 0. The maximum absolute atomic E-state index is 11.8. The van der Waals surface area contributed by atoms with Crippen molar-refractivity contribution in [2.45, 2.75) is 53.9 Å². The van der Waals surface area contributed by atoms with Crippen molar-refractivity contribution in [3.05, 3.63) is 0 Å². The SMILES string of the molecule is C.CCOC(=O)C1CCN(C(=O)OCC)CCC1=O.CCOC(=O)N1CCC(=O)CC1. The number of carbonyl (C=O) groups is 5. The number of hydrogen-bond donors (Lipinski definition) is 0. The fourth-order valence-electron chi connectivity index (χ4n) is 3.02. The number of piperidine rings is 1. The zero-order chi connectivity index (χ0) is 22.5. The number of likely N-dealkylation sites (tertiary alicyclic amines) is 2. The van der Waals surface area contributed by atoms with Crippen LogP contribution >= 0.6 is 0 Å². The molecule has 2 aliphatic heterocycles. The Labute approximate surface area is 184 Å². The molecule has 2 aliphatic rings. The fourth-order valence-corrected chi connectivity index (χ4v) is 3.02. The second-order valence-corrected chi connectivity index (χ2v) is 6.72. The summed E-state index contributed by atoms with van der Waals surface area (Å²) in [6.45, 7) is 7.80. The Balaban J connectivity index is 0.000000605. The summed E-state index contributed by atoms with van der Waals surface area (Å²) >= 11 is 0. The predicted molar refractivity (Wildman–Crippen MR) is 113 cm³/mol. The number of ketones is 2. The highest BCUT2D eigenvalue weighted by Crippen LogP contribution is 2.16. The van der Waals surface area contributed by atoms with Crippen LogP contribution < -0.4 is 0 Å². The summed E-state index contributed by atoms with van der Waals surface area (Å²) in [4.78, 5) is 59.8. The van der Waals surface area contributed by atoms with Gasteiger partial charge in [0, 0.05) is 45.4 Å². The van der Waals surface area contributed by atoms with Gasteiger partial charge < -0.3 is 24.0 Å². The van der Waals surface area contributed by atoms with Crippen molar-refractivity contribution in [2.75, 3.05) is 46.0 Å². The van der Waals surface area contributed by atoms with E-state index in [0.29, 0.717) is 58.7 Å². The highest BCUT2D eigenvalue weighted by atomic mass is 16.6. The Morgan fingerprint density at radius 2 is 1.23 bits per heavy atom. The highest BCUT2D eigenvalue weighted by molar-refractivity contribution is 5.99. The van der Waals surface area contributed by atoms with Crippen LogP contribution in [0.3, 0.4) is 0 Å². The average Bonchev–Trinajstić information content (AvgIpc) is 2.91. The fraction of sp³-hybridized carbons (Fsp3) is 0.762. The molecule has 0 bridgehead atoms. The molecule has 2 amide bonds. The number of hydrogen-bond acceptors (Lipinski definition) is 8. The third-order valence-corrected chi connectivity index (χ3v) is 4.65. The molecule has 31 heavy (non-hydrogen) atoms. The molecule has 1 atom stereocenters. The molecule has 0 radical (unpaired) electrons. The Bertz CT molecular complexity index is 613. The monoisotopic (exact) mass is 444 g/mol. The second-order valence-electron chi connectivity index (χ2n) is 6.72. The Morgan fingerprint density at radius 1 is 0.774 bits per heavy atom. The van der Waals surface area contributed by atoms with Gasteiger partial charge in [0.1, 0.15) is 17.5 Å². The van der Waals surface area contributed by atoms with Crippen LogP contribution in [0, 0.1) is 5.92 Å². The van der Waals surface area contributed by atoms with E-state index >= 15 is 0 Å². The summed E-state index contributed by atoms with van der Waals surface area (Å²) in [5, 5.41) is 0. The van der Waals surface area contributed by atoms with E-state index in [9.17, 15) is 24.0 Å². The lowest BCUT2D eigenvalue weighted by atomic mass is 10.00. The summed E-state index contributed by atoms with van der Waals surface area (Å²) in [6, 6.07) is 0. The van der Waals surface area contributed by atoms with Crippen molar-refractivity contribution >= 4 is 29.7 Å². The van der Waals surface area contributed by atoms with Crippen molar-refractivity contribution in [1.29, 1.82) is 0 Å². The molecule has 10 nitrogen and oxygen atoms in total. The number of carbonyl (C=O) groups excluding carboxylic acids is 5. The summed E-state index contributed by atoms with van der Waals surface area (Å²) in [6.07, 6.45) is 0.677. The normalized spacial score (nSPS) is 18.6. The van der Waals surface area contributed by atoms with Crippen molar-refractivity contribution in [2.24, 2.45) is 5.92 Å². The first-order valence-corrected chi connectivity index (χ1v) is 10.4. The van der Waals surface area contributed by atoms with E-state index < -0.39 is 18.0 Å². The molecule has 0 saturated carbocycles. The van der Waals surface area contributed by atoms with Gasteiger partial charge >= 0.3 is 18.2 Å². The second kappa shape index (κ2) is 15.2. The molecule has 2 heterocycles. The van der Waals surface area contributed by atoms with E-state index in [0.717, 1.165) is 0 Å². The molecule has 0 spiro atoms. The van der Waals surface area contributed by atoms with Gasteiger partial charge in [0.05, 0.1) is 19.8 Å². The zero-order valence-electron chi connectivity index (χ0n) is 18.0. The predicted octanol–water partition coefficient (Wildman–Crippen LogP) is 2.43. The summed E-state index contributed by atoms with van der Waals surface area (Å²) in [7, 11) is 0. The number of nitrogens with zero attached hydrogens (tertiary/aromatic N) is 2. The number of rotatable bonds is 4. The smallest absolute Gasteiger partial charge is 0.409 e. The van der Waals surface area contributed by atoms with Gasteiger partial charge in [-0.2, -0.15) is 0 Å².